The largest absolute Gasteiger partial charge is 0.444 e. The maximum atomic E-state index is 12.1. The highest BCUT2D eigenvalue weighted by molar-refractivity contribution is 5.69. The number of hydrogen-bond donors (Lipinski definition) is 1. The van der Waals surface area contributed by atoms with Crippen LogP contribution >= 0.6 is 0 Å². The van der Waals surface area contributed by atoms with Crippen molar-refractivity contribution in [3.8, 4) is 0 Å². The topological polar surface area (TPSA) is 50.8 Å². The zero-order chi connectivity index (χ0) is 14.5. The molecule has 1 heterocycles. The van der Waals surface area contributed by atoms with E-state index < -0.39 is 5.60 Å². The molecule has 0 spiro atoms. The standard InChI is InChI=1S/C14H28N2O3/c1-11(18-5)9-15-10-12-7-6-8-16(12)13(17)19-14(2,3)4/h11-12,15H,6-10H2,1-5H3. The van der Waals surface area contributed by atoms with Crippen LogP contribution in [0.15, 0.2) is 0 Å². The number of amides is 1. The van der Waals surface area contributed by atoms with Crippen molar-refractivity contribution in [3.05, 3.63) is 0 Å². The first-order chi connectivity index (χ1) is 8.83. The minimum absolute atomic E-state index is 0.191. The van der Waals surface area contributed by atoms with Crippen LogP contribution in [-0.4, -0.2) is 55.5 Å². The number of rotatable bonds is 5. The molecule has 2 unspecified atom stereocenters. The fourth-order valence-corrected chi connectivity index (χ4v) is 2.15. The summed E-state index contributed by atoms with van der Waals surface area (Å²) in [5, 5.41) is 3.35. The Bertz CT molecular complexity index is 289. The van der Waals surface area contributed by atoms with Gasteiger partial charge in [-0.2, -0.15) is 0 Å². The van der Waals surface area contributed by atoms with E-state index in [1.165, 1.54) is 0 Å². The highest BCUT2D eigenvalue weighted by atomic mass is 16.6. The van der Waals surface area contributed by atoms with E-state index >= 15 is 0 Å². The molecular weight excluding hydrogens is 244 g/mol. The first kappa shape index (κ1) is 16.2. The molecule has 2 atom stereocenters. The maximum absolute atomic E-state index is 12.1. The minimum Gasteiger partial charge on any atom is -0.444 e. The van der Waals surface area contributed by atoms with E-state index in [0.717, 1.165) is 32.5 Å². The average molecular weight is 272 g/mol. The van der Waals surface area contributed by atoms with Crippen LogP contribution in [0.4, 0.5) is 4.79 Å². The van der Waals surface area contributed by atoms with Gasteiger partial charge in [0.1, 0.15) is 5.60 Å². The van der Waals surface area contributed by atoms with E-state index in [9.17, 15) is 4.79 Å². The quantitative estimate of drug-likeness (QED) is 0.832. The second-order valence-corrected chi connectivity index (χ2v) is 6.17. The van der Waals surface area contributed by atoms with Gasteiger partial charge in [0.2, 0.25) is 0 Å². The number of methoxy groups -OCH3 is 1. The first-order valence-corrected chi connectivity index (χ1v) is 7.06. The lowest BCUT2D eigenvalue weighted by Crippen LogP contribution is -2.45. The molecule has 0 radical (unpaired) electrons. The van der Waals surface area contributed by atoms with Crippen LogP contribution in [0, 0.1) is 0 Å². The van der Waals surface area contributed by atoms with Crippen LogP contribution in [-0.2, 0) is 9.47 Å². The smallest absolute Gasteiger partial charge is 0.410 e. The van der Waals surface area contributed by atoms with Gasteiger partial charge < -0.3 is 19.7 Å². The molecule has 0 aromatic heterocycles. The monoisotopic (exact) mass is 272 g/mol. The highest BCUT2D eigenvalue weighted by Crippen LogP contribution is 2.20. The molecule has 0 aromatic rings. The van der Waals surface area contributed by atoms with E-state index in [1.54, 1.807) is 7.11 Å². The molecule has 1 rings (SSSR count). The fraction of sp³-hybridized carbons (Fsp3) is 0.929. The van der Waals surface area contributed by atoms with Crippen molar-refractivity contribution in [1.29, 1.82) is 0 Å². The van der Waals surface area contributed by atoms with Gasteiger partial charge in [-0.3, -0.25) is 0 Å². The predicted octanol–water partition coefficient (Wildman–Crippen LogP) is 2.01. The van der Waals surface area contributed by atoms with E-state index in [-0.39, 0.29) is 18.2 Å². The normalized spacial score (nSPS) is 21.5. The highest BCUT2D eigenvalue weighted by Gasteiger charge is 2.31. The van der Waals surface area contributed by atoms with Crippen molar-refractivity contribution in [2.24, 2.45) is 0 Å². The van der Waals surface area contributed by atoms with Gasteiger partial charge in [0.05, 0.1) is 6.10 Å². The van der Waals surface area contributed by atoms with Crippen LogP contribution < -0.4 is 5.32 Å². The second-order valence-electron chi connectivity index (χ2n) is 6.17. The summed E-state index contributed by atoms with van der Waals surface area (Å²) < 4.78 is 10.6. The third kappa shape index (κ3) is 5.78. The molecule has 1 fully saturated rings. The van der Waals surface area contributed by atoms with Crippen LogP contribution in [0.5, 0.6) is 0 Å². The van der Waals surface area contributed by atoms with Crippen LogP contribution in [0.2, 0.25) is 0 Å². The molecular formula is C14H28N2O3. The summed E-state index contributed by atoms with van der Waals surface area (Å²) in [5.74, 6) is 0. The van der Waals surface area contributed by atoms with Gasteiger partial charge >= 0.3 is 6.09 Å². The number of likely N-dealkylation sites (tertiary alicyclic amines) is 1. The Kier molecular flexibility index (Phi) is 6.07. The molecule has 1 aliphatic rings. The Morgan fingerprint density at radius 3 is 2.74 bits per heavy atom. The Morgan fingerprint density at radius 1 is 1.47 bits per heavy atom. The number of carbonyl (C=O) groups excluding carboxylic acids is 1. The molecule has 0 aromatic carbocycles. The minimum atomic E-state index is -0.428. The maximum Gasteiger partial charge on any atom is 0.410 e. The summed E-state index contributed by atoms with van der Waals surface area (Å²) in [6, 6.07) is 0.235. The summed E-state index contributed by atoms with van der Waals surface area (Å²) in [5.41, 5.74) is -0.428. The lowest BCUT2D eigenvalue weighted by atomic mass is 10.2. The Labute approximate surface area is 116 Å². The molecule has 19 heavy (non-hydrogen) atoms. The van der Waals surface area contributed by atoms with Crippen molar-refractivity contribution in [2.45, 2.75) is 58.3 Å². The van der Waals surface area contributed by atoms with Crippen molar-refractivity contribution in [2.75, 3.05) is 26.7 Å². The van der Waals surface area contributed by atoms with Crippen molar-refractivity contribution >= 4 is 6.09 Å². The number of ether oxygens (including phenoxy) is 2. The molecule has 1 aliphatic heterocycles. The number of nitrogens with zero attached hydrogens (tertiary/aromatic N) is 1. The van der Waals surface area contributed by atoms with Crippen LogP contribution in [0.25, 0.3) is 0 Å². The van der Waals surface area contributed by atoms with E-state index in [2.05, 4.69) is 5.32 Å². The summed E-state index contributed by atoms with van der Waals surface area (Å²) in [6.45, 7) is 10.1. The summed E-state index contributed by atoms with van der Waals surface area (Å²) >= 11 is 0. The van der Waals surface area contributed by atoms with Crippen LogP contribution in [0.1, 0.15) is 40.5 Å². The van der Waals surface area contributed by atoms with Crippen molar-refractivity contribution < 1.29 is 14.3 Å². The molecule has 0 aliphatic carbocycles. The lowest BCUT2D eigenvalue weighted by molar-refractivity contribution is 0.0224. The molecule has 112 valence electrons. The zero-order valence-electron chi connectivity index (χ0n) is 12.9. The van der Waals surface area contributed by atoms with Gasteiger partial charge in [-0.15, -0.1) is 0 Å². The van der Waals surface area contributed by atoms with E-state index in [1.807, 2.05) is 32.6 Å². The van der Waals surface area contributed by atoms with Gasteiger partial charge in [0, 0.05) is 32.8 Å². The van der Waals surface area contributed by atoms with Gasteiger partial charge in [-0.1, -0.05) is 0 Å². The lowest BCUT2D eigenvalue weighted by Gasteiger charge is -2.29. The van der Waals surface area contributed by atoms with Gasteiger partial charge in [-0.05, 0) is 40.5 Å². The van der Waals surface area contributed by atoms with Gasteiger partial charge in [0.25, 0.3) is 0 Å². The predicted molar refractivity (Wildman–Crippen MR) is 75.3 cm³/mol. The number of carbonyl (C=O) groups is 1. The molecule has 5 heteroatoms. The second kappa shape index (κ2) is 7.10. The molecule has 1 N–H and O–H groups in total. The van der Waals surface area contributed by atoms with Gasteiger partial charge in [0.15, 0.2) is 0 Å². The SMILES string of the molecule is COC(C)CNCC1CCCN1C(=O)OC(C)(C)C. The summed E-state index contributed by atoms with van der Waals surface area (Å²) in [4.78, 5) is 13.9. The van der Waals surface area contributed by atoms with Crippen molar-refractivity contribution in [3.63, 3.8) is 0 Å². The first-order valence-electron chi connectivity index (χ1n) is 7.06. The van der Waals surface area contributed by atoms with Crippen molar-refractivity contribution in [1.82, 2.24) is 10.2 Å². The molecule has 1 saturated heterocycles. The zero-order valence-corrected chi connectivity index (χ0v) is 12.9. The third-order valence-electron chi connectivity index (χ3n) is 3.22. The molecule has 1 amide bonds. The summed E-state index contributed by atoms with van der Waals surface area (Å²) in [6.07, 6.45) is 2.08. The third-order valence-corrected chi connectivity index (χ3v) is 3.22. The average Bonchev–Trinajstić information content (AvgIpc) is 2.75. The molecule has 5 nitrogen and oxygen atoms in total. The van der Waals surface area contributed by atoms with Crippen LogP contribution in [0.3, 0.4) is 0 Å². The van der Waals surface area contributed by atoms with Gasteiger partial charge in [-0.25, -0.2) is 4.79 Å². The van der Waals surface area contributed by atoms with E-state index in [4.69, 9.17) is 9.47 Å². The fourth-order valence-electron chi connectivity index (χ4n) is 2.15. The molecule has 0 bridgehead atoms. The number of nitrogens with one attached hydrogen (secondary N) is 1. The Balaban J connectivity index is 2.39. The summed E-state index contributed by atoms with van der Waals surface area (Å²) in [7, 11) is 1.70. The molecule has 0 saturated carbocycles. The Hall–Kier alpha value is -0.810. The Morgan fingerprint density at radius 2 is 2.16 bits per heavy atom. The van der Waals surface area contributed by atoms with E-state index in [0.29, 0.717) is 0 Å². The number of hydrogen-bond acceptors (Lipinski definition) is 4.